The summed E-state index contributed by atoms with van der Waals surface area (Å²) in [6.45, 7) is 1.82. The molecule has 0 amide bonds. The van der Waals surface area contributed by atoms with Crippen LogP contribution >= 0.6 is 0 Å². The number of hydrogen-bond donors (Lipinski definition) is 2. The van der Waals surface area contributed by atoms with Gasteiger partial charge in [0.2, 0.25) is 0 Å². The van der Waals surface area contributed by atoms with Gasteiger partial charge in [0.25, 0.3) is 0 Å². The molecule has 5 rings (SSSR count). The predicted octanol–water partition coefficient (Wildman–Crippen LogP) is 5.69. The van der Waals surface area contributed by atoms with Gasteiger partial charge in [-0.2, -0.15) is 5.10 Å². The van der Waals surface area contributed by atoms with Gasteiger partial charge in [-0.05, 0) is 36.2 Å². The summed E-state index contributed by atoms with van der Waals surface area (Å²) in [4.78, 5) is 3.62. The Morgan fingerprint density at radius 1 is 0.893 bits per heavy atom. The van der Waals surface area contributed by atoms with Crippen LogP contribution in [0, 0.1) is 0 Å². The molecule has 0 fully saturated rings. The molecule has 2 heterocycles. The zero-order valence-corrected chi connectivity index (χ0v) is 15.6. The van der Waals surface area contributed by atoms with E-state index in [-0.39, 0.29) is 0 Å². The number of hydrogen-bond acceptors (Lipinski definition) is 2. The first-order valence-electron chi connectivity index (χ1n) is 9.70. The summed E-state index contributed by atoms with van der Waals surface area (Å²) in [5, 5.41) is 10.4. The van der Waals surface area contributed by atoms with E-state index in [2.05, 4.69) is 82.1 Å². The maximum atomic E-state index is 4.27. The fourth-order valence-corrected chi connectivity index (χ4v) is 3.80. The molecule has 28 heavy (non-hydrogen) atoms. The highest BCUT2D eigenvalue weighted by molar-refractivity contribution is 6.13. The van der Waals surface area contributed by atoms with Crippen LogP contribution in [0.15, 0.2) is 85.2 Å². The Kier molecular flexibility index (Phi) is 4.30. The molecular weight excluding hydrogens is 344 g/mol. The zero-order valence-electron chi connectivity index (χ0n) is 15.6. The molecule has 0 saturated carbocycles. The van der Waals surface area contributed by atoms with E-state index in [4.69, 9.17) is 0 Å². The molecule has 0 aliphatic carbocycles. The Hall–Kier alpha value is -3.53. The predicted molar refractivity (Wildman–Crippen MR) is 117 cm³/mol. The first kappa shape index (κ1) is 16.6. The molecule has 2 N–H and O–H groups in total. The summed E-state index contributed by atoms with van der Waals surface area (Å²) in [5.41, 5.74) is 5.96. The maximum Gasteiger partial charge on any atom is 0.0546 e. The molecule has 4 nitrogen and oxygen atoms in total. The summed E-state index contributed by atoms with van der Waals surface area (Å²) < 4.78 is 1.97. The number of benzene rings is 3. The Labute approximate surface area is 163 Å². The number of nitrogens with zero attached hydrogens (tertiary/aromatic N) is 2. The normalized spacial score (nSPS) is 11.3. The van der Waals surface area contributed by atoms with Gasteiger partial charge < -0.3 is 10.3 Å². The topological polar surface area (TPSA) is 45.6 Å². The van der Waals surface area contributed by atoms with Crippen molar-refractivity contribution in [2.75, 3.05) is 11.9 Å². The molecule has 0 aliphatic heterocycles. The van der Waals surface area contributed by atoms with Gasteiger partial charge in [0.15, 0.2) is 0 Å². The van der Waals surface area contributed by atoms with Gasteiger partial charge in [0, 0.05) is 53.0 Å². The van der Waals surface area contributed by atoms with Gasteiger partial charge in [0.1, 0.15) is 0 Å². The number of anilines is 1. The van der Waals surface area contributed by atoms with Gasteiger partial charge >= 0.3 is 0 Å². The Bertz CT molecular complexity index is 1200. The first-order valence-corrected chi connectivity index (χ1v) is 9.70. The fourth-order valence-electron chi connectivity index (χ4n) is 3.80. The molecule has 0 unspecified atom stereocenters. The quantitative estimate of drug-likeness (QED) is 0.379. The lowest BCUT2D eigenvalue weighted by Crippen LogP contribution is -2.07. The van der Waals surface area contributed by atoms with E-state index in [1.807, 2.05) is 23.1 Å². The second-order valence-corrected chi connectivity index (χ2v) is 7.03. The highest BCUT2D eigenvalue weighted by atomic mass is 15.3. The van der Waals surface area contributed by atoms with Crippen LogP contribution in [0.3, 0.4) is 0 Å². The SMILES string of the molecule is c1ccc(-c2cc(NCCCn3cccn3)cc3c2[nH]c2ccccc23)cc1. The van der Waals surface area contributed by atoms with Crippen molar-refractivity contribution in [3.8, 4) is 11.1 Å². The third-order valence-corrected chi connectivity index (χ3v) is 5.15. The average Bonchev–Trinajstić information content (AvgIpc) is 3.39. The van der Waals surface area contributed by atoms with Crippen LogP contribution in [-0.2, 0) is 6.54 Å². The van der Waals surface area contributed by atoms with E-state index < -0.39 is 0 Å². The molecule has 0 bridgehead atoms. The molecule has 3 aromatic carbocycles. The number of aromatic amines is 1. The summed E-state index contributed by atoms with van der Waals surface area (Å²) in [5.74, 6) is 0. The molecule has 0 radical (unpaired) electrons. The number of para-hydroxylation sites is 1. The van der Waals surface area contributed by atoms with E-state index in [0.29, 0.717) is 0 Å². The molecule has 2 aromatic heterocycles. The van der Waals surface area contributed by atoms with Crippen LogP contribution in [0.2, 0.25) is 0 Å². The van der Waals surface area contributed by atoms with E-state index in [0.717, 1.165) is 25.2 Å². The van der Waals surface area contributed by atoms with Crippen molar-refractivity contribution >= 4 is 27.5 Å². The Balaban J connectivity index is 1.51. The summed E-state index contributed by atoms with van der Waals surface area (Å²) in [7, 11) is 0. The van der Waals surface area contributed by atoms with Crippen molar-refractivity contribution in [2.45, 2.75) is 13.0 Å². The van der Waals surface area contributed by atoms with Crippen LogP contribution in [0.1, 0.15) is 6.42 Å². The lowest BCUT2D eigenvalue weighted by Gasteiger charge is -2.11. The third kappa shape index (κ3) is 3.14. The van der Waals surface area contributed by atoms with Gasteiger partial charge in [-0.15, -0.1) is 0 Å². The summed E-state index contributed by atoms with van der Waals surface area (Å²) in [6.07, 6.45) is 4.85. The summed E-state index contributed by atoms with van der Waals surface area (Å²) in [6, 6.07) is 25.6. The molecule has 4 heteroatoms. The number of fused-ring (bicyclic) bond motifs is 3. The lowest BCUT2D eigenvalue weighted by molar-refractivity contribution is 0.592. The van der Waals surface area contributed by atoms with Crippen LogP contribution < -0.4 is 5.32 Å². The molecule has 5 aromatic rings. The second kappa shape index (κ2) is 7.24. The molecule has 138 valence electrons. The van der Waals surface area contributed by atoms with Crippen LogP contribution in [0.4, 0.5) is 5.69 Å². The smallest absolute Gasteiger partial charge is 0.0546 e. The van der Waals surface area contributed by atoms with E-state index >= 15 is 0 Å². The van der Waals surface area contributed by atoms with Crippen LogP contribution in [0.25, 0.3) is 32.9 Å². The lowest BCUT2D eigenvalue weighted by atomic mass is 10.0. The van der Waals surface area contributed by atoms with Crippen molar-refractivity contribution in [3.63, 3.8) is 0 Å². The monoisotopic (exact) mass is 366 g/mol. The highest BCUT2D eigenvalue weighted by Gasteiger charge is 2.11. The Morgan fingerprint density at radius 3 is 2.61 bits per heavy atom. The number of nitrogens with one attached hydrogen (secondary N) is 2. The minimum atomic E-state index is 0.905. The average molecular weight is 366 g/mol. The second-order valence-electron chi connectivity index (χ2n) is 7.03. The van der Waals surface area contributed by atoms with Crippen molar-refractivity contribution in [2.24, 2.45) is 0 Å². The van der Waals surface area contributed by atoms with Gasteiger partial charge in [-0.3, -0.25) is 4.68 Å². The van der Waals surface area contributed by atoms with Crippen LogP contribution in [0.5, 0.6) is 0 Å². The largest absolute Gasteiger partial charge is 0.385 e. The van der Waals surface area contributed by atoms with Crippen molar-refractivity contribution < 1.29 is 0 Å². The standard InChI is InChI=1S/C24H22N4/c1-2-8-18(9-3-1)21-16-19(25-12-6-14-28-15-7-13-26-28)17-22-20-10-4-5-11-23(20)27-24(21)22/h1-5,7-11,13,15-17,25,27H,6,12,14H2. The minimum absolute atomic E-state index is 0.905. The van der Waals surface area contributed by atoms with Crippen molar-refractivity contribution in [1.29, 1.82) is 0 Å². The van der Waals surface area contributed by atoms with Crippen molar-refractivity contribution in [1.82, 2.24) is 14.8 Å². The number of H-pyrrole nitrogens is 1. The van der Waals surface area contributed by atoms with E-state index in [1.54, 1.807) is 0 Å². The fraction of sp³-hybridized carbons (Fsp3) is 0.125. The first-order chi connectivity index (χ1) is 13.9. The van der Waals surface area contributed by atoms with Crippen molar-refractivity contribution in [3.05, 3.63) is 85.2 Å². The number of aromatic nitrogens is 3. The molecule has 0 atom stereocenters. The third-order valence-electron chi connectivity index (χ3n) is 5.15. The molecular formula is C24H22N4. The minimum Gasteiger partial charge on any atom is -0.385 e. The van der Waals surface area contributed by atoms with Gasteiger partial charge in [-0.25, -0.2) is 0 Å². The molecule has 0 spiro atoms. The number of aryl methyl sites for hydroxylation is 1. The van der Waals surface area contributed by atoms with Gasteiger partial charge in [0.05, 0.1) is 5.52 Å². The Morgan fingerprint density at radius 2 is 1.75 bits per heavy atom. The molecule has 0 aliphatic rings. The van der Waals surface area contributed by atoms with Gasteiger partial charge in [-0.1, -0.05) is 48.5 Å². The number of rotatable bonds is 6. The zero-order chi connectivity index (χ0) is 18.8. The van der Waals surface area contributed by atoms with Crippen LogP contribution in [-0.4, -0.2) is 21.3 Å². The highest BCUT2D eigenvalue weighted by Crippen LogP contribution is 2.35. The molecule has 0 saturated heterocycles. The van der Waals surface area contributed by atoms with E-state index in [9.17, 15) is 0 Å². The van der Waals surface area contributed by atoms with E-state index in [1.165, 1.54) is 32.9 Å². The maximum absolute atomic E-state index is 4.27. The summed E-state index contributed by atoms with van der Waals surface area (Å²) >= 11 is 0.